The van der Waals surface area contributed by atoms with Gasteiger partial charge in [0.1, 0.15) is 0 Å². The van der Waals surface area contributed by atoms with Crippen LogP contribution in [0.3, 0.4) is 0 Å². The zero-order valence-corrected chi connectivity index (χ0v) is 5.56. The van der Waals surface area contributed by atoms with E-state index in [1.807, 2.05) is 0 Å². The second-order valence-electron chi connectivity index (χ2n) is 2.64. The van der Waals surface area contributed by atoms with Gasteiger partial charge in [-0.05, 0) is 0 Å². The van der Waals surface area contributed by atoms with Gasteiger partial charge in [0.15, 0.2) is 0 Å². The van der Waals surface area contributed by atoms with Crippen molar-refractivity contribution in [2.24, 2.45) is 0 Å². The van der Waals surface area contributed by atoms with Crippen LogP contribution in [0.5, 0.6) is 0 Å². The van der Waals surface area contributed by atoms with Crippen LogP contribution in [-0.4, -0.2) is 31.1 Å². The molecule has 0 saturated carbocycles. The SMILES string of the molecule is C1=C(N2CCNCC2)C1. The van der Waals surface area contributed by atoms with Gasteiger partial charge < -0.3 is 10.2 Å². The minimum Gasteiger partial charge on any atom is -0.372 e. The van der Waals surface area contributed by atoms with E-state index in [0.717, 1.165) is 13.1 Å². The van der Waals surface area contributed by atoms with Gasteiger partial charge in [-0.25, -0.2) is 0 Å². The maximum atomic E-state index is 3.33. The summed E-state index contributed by atoms with van der Waals surface area (Å²) in [5, 5.41) is 3.33. The molecule has 2 heteroatoms. The van der Waals surface area contributed by atoms with Gasteiger partial charge in [-0.3, -0.25) is 0 Å². The summed E-state index contributed by atoms with van der Waals surface area (Å²) >= 11 is 0. The molecule has 1 fully saturated rings. The molecule has 1 saturated heterocycles. The standard InChI is InChI=1S/C7H12N2/c1-2-7(1)9-5-3-8-4-6-9/h1,8H,2-6H2. The van der Waals surface area contributed by atoms with Crippen molar-refractivity contribution in [3.8, 4) is 0 Å². The van der Waals surface area contributed by atoms with Gasteiger partial charge in [0, 0.05) is 38.3 Å². The first-order valence-corrected chi connectivity index (χ1v) is 3.61. The number of hydrogen-bond donors (Lipinski definition) is 1. The molecule has 9 heavy (non-hydrogen) atoms. The van der Waals surface area contributed by atoms with E-state index in [0.29, 0.717) is 0 Å². The van der Waals surface area contributed by atoms with Gasteiger partial charge in [0.05, 0.1) is 0 Å². The van der Waals surface area contributed by atoms with Gasteiger partial charge in [-0.2, -0.15) is 0 Å². The fraction of sp³-hybridized carbons (Fsp3) is 0.714. The Morgan fingerprint density at radius 1 is 1.33 bits per heavy atom. The minimum absolute atomic E-state index is 1.16. The Kier molecular flexibility index (Phi) is 1.19. The molecule has 0 spiro atoms. The van der Waals surface area contributed by atoms with E-state index in [1.165, 1.54) is 19.5 Å². The number of rotatable bonds is 1. The highest BCUT2D eigenvalue weighted by molar-refractivity contribution is 5.20. The number of nitrogens with zero attached hydrogens (tertiary/aromatic N) is 1. The Bertz CT molecular complexity index is 134. The third-order valence-corrected chi connectivity index (χ3v) is 1.91. The lowest BCUT2D eigenvalue weighted by Crippen LogP contribution is -2.41. The van der Waals surface area contributed by atoms with Gasteiger partial charge in [-0.15, -0.1) is 0 Å². The molecule has 0 unspecified atom stereocenters. The van der Waals surface area contributed by atoms with Crippen molar-refractivity contribution >= 4 is 0 Å². The average molecular weight is 124 g/mol. The molecule has 0 radical (unpaired) electrons. The van der Waals surface area contributed by atoms with E-state index >= 15 is 0 Å². The zero-order chi connectivity index (χ0) is 6.10. The summed E-state index contributed by atoms with van der Waals surface area (Å²) in [6.07, 6.45) is 3.55. The molecule has 0 aromatic heterocycles. The van der Waals surface area contributed by atoms with E-state index in [9.17, 15) is 0 Å². The summed E-state index contributed by atoms with van der Waals surface area (Å²) in [5.74, 6) is 0. The lowest BCUT2D eigenvalue weighted by Gasteiger charge is -2.26. The fourth-order valence-electron chi connectivity index (χ4n) is 1.26. The molecule has 0 bridgehead atoms. The molecule has 0 aromatic carbocycles. The van der Waals surface area contributed by atoms with E-state index < -0.39 is 0 Å². The highest BCUT2D eigenvalue weighted by atomic mass is 15.2. The predicted octanol–water partition coefficient (Wildman–Crippen LogP) is 0.179. The monoisotopic (exact) mass is 124 g/mol. The third-order valence-electron chi connectivity index (χ3n) is 1.91. The van der Waals surface area contributed by atoms with Crippen LogP contribution < -0.4 is 5.32 Å². The summed E-state index contributed by atoms with van der Waals surface area (Å²) in [6.45, 7) is 4.76. The van der Waals surface area contributed by atoms with Crippen LogP contribution in [0.2, 0.25) is 0 Å². The molecular weight excluding hydrogens is 112 g/mol. The Balaban J connectivity index is 1.87. The van der Waals surface area contributed by atoms with Crippen molar-refractivity contribution in [1.82, 2.24) is 10.2 Å². The summed E-state index contributed by atoms with van der Waals surface area (Å²) in [6, 6.07) is 0. The van der Waals surface area contributed by atoms with Crippen molar-refractivity contribution in [1.29, 1.82) is 0 Å². The largest absolute Gasteiger partial charge is 0.372 e. The zero-order valence-electron chi connectivity index (χ0n) is 5.56. The van der Waals surface area contributed by atoms with Crippen LogP contribution in [0.15, 0.2) is 11.8 Å². The summed E-state index contributed by atoms with van der Waals surface area (Å²) < 4.78 is 0. The molecule has 2 aliphatic rings. The fourth-order valence-corrected chi connectivity index (χ4v) is 1.26. The molecule has 0 amide bonds. The van der Waals surface area contributed by atoms with Crippen LogP contribution in [0.4, 0.5) is 0 Å². The molecule has 1 heterocycles. The van der Waals surface area contributed by atoms with Crippen molar-refractivity contribution in [2.75, 3.05) is 26.2 Å². The topological polar surface area (TPSA) is 15.3 Å². The smallest absolute Gasteiger partial charge is 0.0300 e. The van der Waals surface area contributed by atoms with Gasteiger partial charge in [0.2, 0.25) is 0 Å². The normalized spacial score (nSPS) is 25.8. The number of nitrogens with one attached hydrogen (secondary N) is 1. The van der Waals surface area contributed by atoms with Crippen LogP contribution >= 0.6 is 0 Å². The van der Waals surface area contributed by atoms with Crippen molar-refractivity contribution in [3.05, 3.63) is 11.8 Å². The maximum Gasteiger partial charge on any atom is 0.0300 e. The Morgan fingerprint density at radius 2 is 2.00 bits per heavy atom. The highest BCUT2D eigenvalue weighted by Gasteiger charge is 2.17. The molecule has 1 N–H and O–H groups in total. The second kappa shape index (κ2) is 2.03. The van der Waals surface area contributed by atoms with E-state index in [-0.39, 0.29) is 0 Å². The van der Waals surface area contributed by atoms with Crippen LogP contribution in [0.1, 0.15) is 6.42 Å². The van der Waals surface area contributed by atoms with Crippen molar-refractivity contribution < 1.29 is 0 Å². The van der Waals surface area contributed by atoms with Crippen molar-refractivity contribution in [3.63, 3.8) is 0 Å². The highest BCUT2D eigenvalue weighted by Crippen LogP contribution is 2.22. The number of hydrogen-bond acceptors (Lipinski definition) is 2. The average Bonchev–Trinajstić information content (AvgIpc) is 2.71. The van der Waals surface area contributed by atoms with Crippen LogP contribution in [0.25, 0.3) is 0 Å². The van der Waals surface area contributed by atoms with E-state index in [1.54, 1.807) is 5.70 Å². The van der Waals surface area contributed by atoms with Gasteiger partial charge >= 0.3 is 0 Å². The van der Waals surface area contributed by atoms with Crippen LogP contribution in [0, 0.1) is 0 Å². The predicted molar refractivity (Wildman–Crippen MR) is 37.1 cm³/mol. The Morgan fingerprint density at radius 3 is 2.56 bits per heavy atom. The molecule has 2 rings (SSSR count). The Labute approximate surface area is 55.5 Å². The van der Waals surface area contributed by atoms with Gasteiger partial charge in [-0.1, -0.05) is 6.08 Å². The third kappa shape index (κ3) is 1.08. The lowest BCUT2D eigenvalue weighted by atomic mass is 10.4. The molecule has 1 aliphatic carbocycles. The first-order chi connectivity index (χ1) is 4.47. The van der Waals surface area contributed by atoms with Gasteiger partial charge in [0.25, 0.3) is 0 Å². The lowest BCUT2D eigenvalue weighted by molar-refractivity contribution is 0.309. The quantitative estimate of drug-likeness (QED) is 0.536. The molecular formula is C7H12N2. The first-order valence-electron chi connectivity index (χ1n) is 3.61. The number of allylic oxidation sites excluding steroid dienone is 2. The molecule has 0 aromatic rings. The molecule has 2 nitrogen and oxygen atoms in total. The first kappa shape index (κ1) is 5.30. The second-order valence-corrected chi connectivity index (χ2v) is 2.64. The molecule has 1 aliphatic heterocycles. The summed E-state index contributed by atoms with van der Waals surface area (Å²) in [5.41, 5.74) is 1.57. The van der Waals surface area contributed by atoms with E-state index in [4.69, 9.17) is 0 Å². The molecule has 50 valence electrons. The molecule has 0 atom stereocenters. The maximum absolute atomic E-state index is 3.33. The Hall–Kier alpha value is -0.500. The van der Waals surface area contributed by atoms with Crippen LogP contribution in [-0.2, 0) is 0 Å². The van der Waals surface area contributed by atoms with Crippen molar-refractivity contribution in [2.45, 2.75) is 6.42 Å². The summed E-state index contributed by atoms with van der Waals surface area (Å²) in [4.78, 5) is 2.47. The summed E-state index contributed by atoms with van der Waals surface area (Å²) in [7, 11) is 0. The number of piperazine rings is 1. The minimum atomic E-state index is 1.16. The van der Waals surface area contributed by atoms with E-state index in [2.05, 4.69) is 16.3 Å².